The molecule has 2 aromatic carbocycles. The van der Waals surface area contributed by atoms with Crippen molar-refractivity contribution >= 4 is 29.2 Å². The Morgan fingerprint density at radius 3 is 2.66 bits per heavy atom. The molecule has 4 rings (SSSR count). The zero-order chi connectivity index (χ0) is 25.0. The van der Waals surface area contributed by atoms with Crippen molar-refractivity contribution in [2.75, 3.05) is 24.5 Å². The molecule has 0 aliphatic carbocycles. The van der Waals surface area contributed by atoms with E-state index >= 15 is 4.39 Å². The van der Waals surface area contributed by atoms with E-state index in [0.717, 1.165) is 6.29 Å². The van der Waals surface area contributed by atoms with Crippen LogP contribution in [0.1, 0.15) is 21.7 Å². The maximum Gasteiger partial charge on any atom is 0.426 e. The normalized spacial score (nSPS) is 13.1. The van der Waals surface area contributed by atoms with Crippen LogP contribution >= 0.6 is 11.3 Å². The molecule has 0 radical (unpaired) electrons. The number of hydrogen-bond acceptors (Lipinski definition) is 5. The lowest BCUT2D eigenvalue weighted by Crippen LogP contribution is -2.37. The van der Waals surface area contributed by atoms with Crippen LogP contribution in [-0.4, -0.2) is 31.8 Å². The summed E-state index contributed by atoms with van der Waals surface area (Å²) in [5.41, 5.74) is 1.28. The van der Waals surface area contributed by atoms with Crippen LogP contribution < -0.4 is 15.0 Å². The maximum atomic E-state index is 15.1. The molecule has 0 saturated carbocycles. The number of ether oxygens (including phenoxy) is 1. The largest absolute Gasteiger partial charge is 0.485 e. The molecule has 0 unspecified atom stereocenters. The molecule has 0 spiro atoms. The summed E-state index contributed by atoms with van der Waals surface area (Å²) in [7, 11) is 0. The number of hydrogen-bond donors (Lipinski definition) is 1. The van der Waals surface area contributed by atoms with Gasteiger partial charge in [0.2, 0.25) is 5.91 Å². The Morgan fingerprint density at radius 1 is 1.17 bits per heavy atom. The van der Waals surface area contributed by atoms with Gasteiger partial charge in [0, 0.05) is 35.5 Å². The molecule has 0 fully saturated rings. The van der Waals surface area contributed by atoms with Crippen LogP contribution in [0.2, 0.25) is 0 Å². The molecule has 0 saturated heterocycles. The number of alkyl halides is 3. The first-order chi connectivity index (χ1) is 16.8. The quantitative estimate of drug-likeness (QED) is 0.246. The molecule has 184 valence electrons. The van der Waals surface area contributed by atoms with Crippen LogP contribution in [0.5, 0.6) is 5.75 Å². The molecular formula is C25H22F4N2O3S. The van der Waals surface area contributed by atoms with Crippen molar-refractivity contribution in [3.63, 3.8) is 0 Å². The van der Waals surface area contributed by atoms with Gasteiger partial charge < -0.3 is 19.7 Å². The highest BCUT2D eigenvalue weighted by molar-refractivity contribution is 7.12. The van der Waals surface area contributed by atoms with Crippen molar-refractivity contribution < 1.29 is 31.9 Å². The molecule has 0 atom stereocenters. The van der Waals surface area contributed by atoms with Crippen LogP contribution in [0.3, 0.4) is 0 Å². The van der Waals surface area contributed by atoms with Gasteiger partial charge in [-0.2, -0.15) is 13.2 Å². The van der Waals surface area contributed by atoms with Crippen LogP contribution in [0, 0.1) is 5.82 Å². The van der Waals surface area contributed by atoms with E-state index in [2.05, 4.69) is 5.32 Å². The third-order valence-electron chi connectivity index (χ3n) is 5.57. The minimum Gasteiger partial charge on any atom is -0.485 e. The smallest absolute Gasteiger partial charge is 0.426 e. The lowest BCUT2D eigenvalue weighted by atomic mass is 10.1. The predicted octanol–water partition coefficient (Wildman–Crippen LogP) is 5.22. The second kappa shape index (κ2) is 10.6. The van der Waals surface area contributed by atoms with Gasteiger partial charge >= 0.3 is 6.18 Å². The third-order valence-corrected chi connectivity index (χ3v) is 6.72. The summed E-state index contributed by atoms with van der Waals surface area (Å²) in [4.78, 5) is 23.9. The minimum absolute atomic E-state index is 0.0246. The summed E-state index contributed by atoms with van der Waals surface area (Å²) in [6.07, 6.45) is -3.18. The number of amides is 1. The van der Waals surface area contributed by atoms with Gasteiger partial charge in [0.25, 0.3) is 0 Å². The van der Waals surface area contributed by atoms with Crippen molar-refractivity contribution in [2.24, 2.45) is 0 Å². The number of benzene rings is 2. The predicted molar refractivity (Wildman–Crippen MR) is 125 cm³/mol. The maximum absolute atomic E-state index is 15.1. The lowest BCUT2D eigenvalue weighted by Gasteiger charge is -2.18. The molecule has 3 aromatic rings. The first-order valence-electron chi connectivity index (χ1n) is 10.9. The summed E-state index contributed by atoms with van der Waals surface area (Å²) in [5, 5.41) is 2.87. The van der Waals surface area contributed by atoms with E-state index in [4.69, 9.17) is 4.74 Å². The SMILES string of the molecule is O=CCCNCC(=O)N1CCc2c1ccc(OCc1cc(-c3ccccc3)c(C(F)(F)F)s1)c2F. The Morgan fingerprint density at radius 2 is 1.94 bits per heavy atom. The van der Waals surface area contributed by atoms with E-state index in [1.807, 2.05) is 0 Å². The van der Waals surface area contributed by atoms with E-state index in [-0.39, 0.29) is 30.4 Å². The minimum atomic E-state index is -4.52. The zero-order valence-electron chi connectivity index (χ0n) is 18.5. The molecule has 1 amide bonds. The van der Waals surface area contributed by atoms with E-state index in [0.29, 0.717) is 59.0 Å². The lowest BCUT2D eigenvalue weighted by molar-refractivity contribution is -0.133. The average molecular weight is 507 g/mol. The third kappa shape index (κ3) is 5.54. The fraction of sp³-hybridized carbons (Fsp3) is 0.280. The summed E-state index contributed by atoms with van der Waals surface area (Å²) in [5.74, 6) is -0.942. The number of aldehydes is 1. The Bertz CT molecular complexity index is 1210. The molecule has 1 aliphatic heterocycles. The Kier molecular flexibility index (Phi) is 7.51. The first-order valence-corrected chi connectivity index (χ1v) is 11.8. The molecule has 35 heavy (non-hydrogen) atoms. The Balaban J connectivity index is 1.48. The van der Waals surface area contributed by atoms with E-state index in [9.17, 15) is 22.8 Å². The van der Waals surface area contributed by atoms with Crippen LogP contribution in [0.15, 0.2) is 48.5 Å². The van der Waals surface area contributed by atoms with Crippen LogP contribution in [0.4, 0.5) is 23.2 Å². The van der Waals surface area contributed by atoms with Crippen molar-refractivity contribution in [1.29, 1.82) is 0 Å². The second-order valence-electron chi connectivity index (χ2n) is 7.91. The summed E-state index contributed by atoms with van der Waals surface area (Å²) in [6.45, 7) is 0.489. The van der Waals surface area contributed by atoms with Gasteiger partial charge in [0.1, 0.15) is 17.8 Å². The highest BCUT2D eigenvalue weighted by Crippen LogP contribution is 2.43. The van der Waals surface area contributed by atoms with Crippen molar-refractivity contribution in [3.8, 4) is 16.9 Å². The number of anilines is 1. The van der Waals surface area contributed by atoms with Crippen molar-refractivity contribution in [3.05, 3.63) is 69.7 Å². The number of carbonyl (C=O) groups excluding carboxylic acids is 2. The molecule has 2 heterocycles. The van der Waals surface area contributed by atoms with E-state index in [1.54, 1.807) is 36.4 Å². The Hall–Kier alpha value is -3.24. The number of halogens is 4. The molecule has 1 N–H and O–H groups in total. The molecule has 5 nitrogen and oxygen atoms in total. The van der Waals surface area contributed by atoms with Crippen LogP contribution in [0.25, 0.3) is 11.1 Å². The number of nitrogens with one attached hydrogen (secondary N) is 1. The zero-order valence-corrected chi connectivity index (χ0v) is 19.3. The highest BCUT2D eigenvalue weighted by Gasteiger charge is 2.36. The molecule has 0 bridgehead atoms. The van der Waals surface area contributed by atoms with Gasteiger partial charge in [0.15, 0.2) is 11.6 Å². The first kappa shape index (κ1) is 24.9. The fourth-order valence-electron chi connectivity index (χ4n) is 3.95. The second-order valence-corrected chi connectivity index (χ2v) is 9.05. The van der Waals surface area contributed by atoms with Gasteiger partial charge in [0.05, 0.1) is 12.2 Å². The summed E-state index contributed by atoms with van der Waals surface area (Å²) >= 11 is 0.573. The van der Waals surface area contributed by atoms with Gasteiger partial charge in [-0.1, -0.05) is 30.3 Å². The van der Waals surface area contributed by atoms with Crippen molar-refractivity contribution in [2.45, 2.75) is 25.6 Å². The number of carbonyl (C=O) groups is 2. The fourth-order valence-corrected chi connectivity index (χ4v) is 4.91. The summed E-state index contributed by atoms with van der Waals surface area (Å²) < 4.78 is 61.5. The topological polar surface area (TPSA) is 58.6 Å². The van der Waals surface area contributed by atoms with Gasteiger partial charge in [-0.3, -0.25) is 4.79 Å². The molecule has 1 aliphatic rings. The van der Waals surface area contributed by atoms with Crippen LogP contribution in [-0.2, 0) is 28.8 Å². The van der Waals surface area contributed by atoms with E-state index < -0.39 is 16.9 Å². The highest BCUT2D eigenvalue weighted by atomic mass is 32.1. The average Bonchev–Trinajstić information content (AvgIpc) is 3.47. The Labute approximate surface area is 203 Å². The standard InChI is InChI=1S/C25H22F4N2O3S/c26-23-18-9-11-31(22(33)14-30-10-4-12-32)20(18)7-8-21(23)34-15-17-13-19(16-5-2-1-3-6-16)24(35-17)25(27,28)29/h1-3,5-8,12-13,30H,4,9-11,14-15H2. The number of rotatable bonds is 9. The van der Waals surface area contributed by atoms with Gasteiger partial charge in [-0.25, -0.2) is 4.39 Å². The number of nitrogens with zero attached hydrogens (tertiary/aromatic N) is 1. The molecular weight excluding hydrogens is 484 g/mol. The molecule has 1 aromatic heterocycles. The molecule has 10 heteroatoms. The van der Waals surface area contributed by atoms with E-state index in [1.165, 1.54) is 17.0 Å². The van der Waals surface area contributed by atoms with Crippen molar-refractivity contribution in [1.82, 2.24) is 5.32 Å². The summed E-state index contributed by atoms with van der Waals surface area (Å²) in [6, 6.07) is 12.6. The van der Waals surface area contributed by atoms with Gasteiger partial charge in [-0.05, 0) is 30.2 Å². The number of thiophene rings is 1. The van der Waals surface area contributed by atoms with Gasteiger partial charge in [-0.15, -0.1) is 11.3 Å². The number of fused-ring (bicyclic) bond motifs is 1. The monoisotopic (exact) mass is 506 g/mol.